The van der Waals surface area contributed by atoms with E-state index >= 15 is 0 Å². The van der Waals surface area contributed by atoms with Crippen molar-refractivity contribution >= 4 is 5.91 Å². The Kier molecular flexibility index (Phi) is 4.45. The molecule has 0 aliphatic heterocycles. The normalized spacial score (nSPS) is 13.1. The minimum absolute atomic E-state index is 0.0230. The van der Waals surface area contributed by atoms with E-state index < -0.39 is 0 Å². The summed E-state index contributed by atoms with van der Waals surface area (Å²) < 4.78 is 3.54. The monoisotopic (exact) mass is 289 g/mol. The van der Waals surface area contributed by atoms with Gasteiger partial charge in [0.05, 0.1) is 12.6 Å². The second kappa shape index (κ2) is 6.11. The van der Waals surface area contributed by atoms with Gasteiger partial charge in [-0.3, -0.25) is 14.2 Å². The number of carbonyl (C=O) groups excluding carboxylic acids is 1. The van der Waals surface area contributed by atoms with E-state index in [1.807, 2.05) is 23.9 Å². The minimum Gasteiger partial charge on any atom is -0.346 e. The molecule has 114 valence electrons. The zero-order valence-corrected chi connectivity index (χ0v) is 13.1. The van der Waals surface area contributed by atoms with Crippen molar-refractivity contribution in [3.05, 3.63) is 36.4 Å². The fraction of sp³-hybridized carbons (Fsp3) is 0.533. The van der Waals surface area contributed by atoms with Crippen LogP contribution >= 0.6 is 0 Å². The van der Waals surface area contributed by atoms with Crippen molar-refractivity contribution in [2.75, 3.05) is 0 Å². The average molecular weight is 289 g/mol. The second-order valence-electron chi connectivity index (χ2n) is 6.15. The molecule has 1 atom stereocenters. The van der Waals surface area contributed by atoms with Gasteiger partial charge in [0.15, 0.2) is 0 Å². The van der Waals surface area contributed by atoms with Crippen LogP contribution in [0.1, 0.15) is 38.2 Å². The van der Waals surface area contributed by atoms with Crippen molar-refractivity contribution in [1.82, 2.24) is 24.9 Å². The van der Waals surface area contributed by atoms with E-state index in [1.54, 1.807) is 23.1 Å². The Labute approximate surface area is 125 Å². The Morgan fingerprint density at radius 2 is 2.10 bits per heavy atom. The van der Waals surface area contributed by atoms with Gasteiger partial charge in [-0.05, 0) is 24.5 Å². The lowest BCUT2D eigenvalue weighted by Crippen LogP contribution is -2.47. The molecule has 2 aromatic rings. The summed E-state index contributed by atoms with van der Waals surface area (Å²) in [7, 11) is 0. The maximum Gasteiger partial charge on any atom is 0.269 e. The van der Waals surface area contributed by atoms with Gasteiger partial charge in [-0.2, -0.15) is 10.2 Å². The summed E-state index contributed by atoms with van der Waals surface area (Å²) in [6, 6.07) is 3.60. The molecular weight excluding hydrogens is 266 g/mol. The van der Waals surface area contributed by atoms with E-state index in [1.165, 1.54) is 0 Å². The standard InChI is InChI=1S/C15H23N5O/c1-5-20-12(7-9-17-20)14(21)18-13(15(2,3)4)11-19-10-6-8-16-19/h6-10,13H,5,11H2,1-4H3,(H,18,21)/t13-/m0/s1. The van der Waals surface area contributed by atoms with Crippen LogP contribution in [0.3, 0.4) is 0 Å². The van der Waals surface area contributed by atoms with Gasteiger partial charge < -0.3 is 5.32 Å². The molecule has 0 aliphatic rings. The van der Waals surface area contributed by atoms with Gasteiger partial charge in [0, 0.05) is 25.1 Å². The van der Waals surface area contributed by atoms with Crippen molar-refractivity contribution in [3.63, 3.8) is 0 Å². The molecule has 0 fully saturated rings. The van der Waals surface area contributed by atoms with Crippen LogP contribution in [0, 0.1) is 5.41 Å². The summed E-state index contributed by atoms with van der Waals surface area (Å²) in [6.45, 7) is 9.61. The van der Waals surface area contributed by atoms with E-state index in [2.05, 4.69) is 36.3 Å². The number of nitrogens with one attached hydrogen (secondary N) is 1. The Morgan fingerprint density at radius 3 is 2.67 bits per heavy atom. The van der Waals surface area contributed by atoms with Crippen molar-refractivity contribution in [2.45, 2.75) is 46.8 Å². The fourth-order valence-corrected chi connectivity index (χ4v) is 2.14. The minimum atomic E-state index is -0.0959. The molecule has 21 heavy (non-hydrogen) atoms. The fourth-order valence-electron chi connectivity index (χ4n) is 2.14. The highest BCUT2D eigenvalue weighted by atomic mass is 16.2. The molecule has 0 radical (unpaired) electrons. The largest absolute Gasteiger partial charge is 0.346 e. The molecule has 0 saturated carbocycles. The molecule has 0 aromatic carbocycles. The number of hydrogen-bond donors (Lipinski definition) is 1. The van der Waals surface area contributed by atoms with Crippen LogP contribution in [0.4, 0.5) is 0 Å². The van der Waals surface area contributed by atoms with Gasteiger partial charge in [0.1, 0.15) is 5.69 Å². The van der Waals surface area contributed by atoms with Crippen LogP contribution < -0.4 is 5.32 Å². The van der Waals surface area contributed by atoms with Gasteiger partial charge in [0.2, 0.25) is 0 Å². The predicted molar refractivity (Wildman–Crippen MR) is 80.8 cm³/mol. The van der Waals surface area contributed by atoms with Gasteiger partial charge in [-0.25, -0.2) is 0 Å². The molecule has 6 nitrogen and oxygen atoms in total. The molecule has 0 saturated heterocycles. The number of amides is 1. The average Bonchev–Trinajstić information content (AvgIpc) is 3.07. The molecule has 0 unspecified atom stereocenters. The molecule has 0 bridgehead atoms. The third-order valence-corrected chi connectivity index (χ3v) is 3.53. The van der Waals surface area contributed by atoms with Crippen molar-refractivity contribution < 1.29 is 4.79 Å². The lowest BCUT2D eigenvalue weighted by molar-refractivity contribution is 0.0879. The van der Waals surface area contributed by atoms with E-state index in [-0.39, 0.29) is 17.4 Å². The Hall–Kier alpha value is -2.11. The third-order valence-electron chi connectivity index (χ3n) is 3.53. The molecule has 0 spiro atoms. The number of nitrogens with zero attached hydrogens (tertiary/aromatic N) is 4. The van der Waals surface area contributed by atoms with Crippen LogP contribution in [-0.2, 0) is 13.1 Å². The van der Waals surface area contributed by atoms with Crippen LogP contribution in [0.2, 0.25) is 0 Å². The summed E-state index contributed by atoms with van der Waals surface area (Å²) in [5.74, 6) is -0.0959. The maximum atomic E-state index is 12.5. The van der Waals surface area contributed by atoms with E-state index in [0.717, 1.165) is 0 Å². The smallest absolute Gasteiger partial charge is 0.269 e. The van der Waals surface area contributed by atoms with E-state index in [4.69, 9.17) is 0 Å². The highest BCUT2D eigenvalue weighted by Crippen LogP contribution is 2.21. The van der Waals surface area contributed by atoms with Gasteiger partial charge in [-0.1, -0.05) is 20.8 Å². The lowest BCUT2D eigenvalue weighted by Gasteiger charge is -2.31. The van der Waals surface area contributed by atoms with E-state index in [9.17, 15) is 4.79 Å². The zero-order chi connectivity index (χ0) is 15.5. The van der Waals surface area contributed by atoms with Gasteiger partial charge in [0.25, 0.3) is 5.91 Å². The Balaban J connectivity index is 2.13. The van der Waals surface area contributed by atoms with Gasteiger partial charge >= 0.3 is 0 Å². The Morgan fingerprint density at radius 1 is 1.33 bits per heavy atom. The number of aryl methyl sites for hydroxylation is 1. The molecule has 2 aromatic heterocycles. The quantitative estimate of drug-likeness (QED) is 0.915. The molecule has 1 amide bonds. The lowest BCUT2D eigenvalue weighted by atomic mass is 9.86. The molecule has 2 heterocycles. The molecule has 2 rings (SSSR count). The SMILES string of the molecule is CCn1nccc1C(=O)N[C@@H](Cn1cccn1)C(C)(C)C. The van der Waals surface area contributed by atoms with Crippen LogP contribution in [0.25, 0.3) is 0 Å². The maximum absolute atomic E-state index is 12.5. The second-order valence-corrected chi connectivity index (χ2v) is 6.15. The van der Waals surface area contributed by atoms with Crippen LogP contribution in [0.15, 0.2) is 30.7 Å². The van der Waals surface area contributed by atoms with Crippen molar-refractivity contribution in [2.24, 2.45) is 5.41 Å². The third kappa shape index (κ3) is 3.71. The number of aromatic nitrogens is 4. The first-order valence-electron chi connectivity index (χ1n) is 7.22. The summed E-state index contributed by atoms with van der Waals surface area (Å²) in [5.41, 5.74) is 0.519. The van der Waals surface area contributed by atoms with Crippen LogP contribution in [0.5, 0.6) is 0 Å². The zero-order valence-electron chi connectivity index (χ0n) is 13.1. The summed E-state index contributed by atoms with van der Waals surface area (Å²) in [5, 5.41) is 11.5. The first-order chi connectivity index (χ1) is 9.91. The first-order valence-corrected chi connectivity index (χ1v) is 7.22. The van der Waals surface area contributed by atoms with Crippen molar-refractivity contribution in [1.29, 1.82) is 0 Å². The van der Waals surface area contributed by atoms with Crippen molar-refractivity contribution in [3.8, 4) is 0 Å². The summed E-state index contributed by atoms with van der Waals surface area (Å²) in [4.78, 5) is 12.5. The molecule has 1 N–H and O–H groups in total. The number of carbonyl (C=O) groups is 1. The molecule has 6 heteroatoms. The predicted octanol–water partition coefficient (Wildman–Crippen LogP) is 1.94. The molecule has 0 aliphatic carbocycles. The summed E-state index contributed by atoms with van der Waals surface area (Å²) >= 11 is 0. The number of hydrogen-bond acceptors (Lipinski definition) is 3. The van der Waals surface area contributed by atoms with Crippen LogP contribution in [-0.4, -0.2) is 31.5 Å². The highest BCUT2D eigenvalue weighted by molar-refractivity contribution is 5.92. The van der Waals surface area contributed by atoms with Gasteiger partial charge in [-0.15, -0.1) is 0 Å². The first kappa shape index (κ1) is 15.3. The number of rotatable bonds is 5. The van der Waals surface area contributed by atoms with E-state index in [0.29, 0.717) is 18.8 Å². The highest BCUT2D eigenvalue weighted by Gasteiger charge is 2.28. The Bertz CT molecular complexity index is 579. The molecular formula is C15H23N5O. The topological polar surface area (TPSA) is 64.7 Å². The summed E-state index contributed by atoms with van der Waals surface area (Å²) in [6.07, 6.45) is 5.30.